The molecule has 24 heavy (non-hydrogen) atoms. The van der Waals surface area contributed by atoms with Crippen LogP contribution in [0.4, 0.5) is 4.39 Å². The maximum atomic E-state index is 13.0. The lowest BCUT2D eigenvalue weighted by Crippen LogP contribution is -2.35. The highest BCUT2D eigenvalue weighted by Gasteiger charge is 2.27. The third-order valence-corrected chi connectivity index (χ3v) is 4.63. The van der Waals surface area contributed by atoms with Gasteiger partial charge in [-0.1, -0.05) is 26.0 Å². The van der Waals surface area contributed by atoms with E-state index in [-0.39, 0.29) is 17.7 Å². The van der Waals surface area contributed by atoms with E-state index in [1.54, 1.807) is 12.1 Å². The molecule has 1 fully saturated rings. The average Bonchev–Trinajstić information content (AvgIpc) is 3.04. The summed E-state index contributed by atoms with van der Waals surface area (Å²) in [6, 6.07) is 6.13. The number of nitrogens with zero attached hydrogens (tertiary/aromatic N) is 3. The van der Waals surface area contributed by atoms with Crippen LogP contribution >= 0.6 is 0 Å². The van der Waals surface area contributed by atoms with E-state index in [2.05, 4.69) is 15.1 Å². The molecule has 2 heterocycles. The van der Waals surface area contributed by atoms with Crippen molar-refractivity contribution in [1.82, 2.24) is 15.1 Å². The Morgan fingerprint density at radius 1 is 1.21 bits per heavy atom. The summed E-state index contributed by atoms with van der Waals surface area (Å²) in [4.78, 5) is 2.27. The highest BCUT2D eigenvalue weighted by atomic mass is 19.1. The number of halogens is 1. The van der Waals surface area contributed by atoms with Crippen LogP contribution in [0.25, 0.3) is 0 Å². The van der Waals surface area contributed by atoms with Gasteiger partial charge in [-0.25, -0.2) is 4.39 Å². The van der Waals surface area contributed by atoms with Crippen molar-refractivity contribution >= 4 is 0 Å². The summed E-state index contributed by atoms with van der Waals surface area (Å²) in [6.07, 6.45) is 1.25. The molecule has 1 aromatic heterocycles. The number of likely N-dealkylation sites (tertiary alicyclic amines) is 1. The van der Waals surface area contributed by atoms with Gasteiger partial charge >= 0.3 is 0 Å². The summed E-state index contributed by atoms with van der Waals surface area (Å²) < 4.78 is 18.6. The lowest BCUT2D eigenvalue weighted by Gasteiger charge is -2.33. The van der Waals surface area contributed by atoms with E-state index in [1.165, 1.54) is 12.1 Å². The van der Waals surface area contributed by atoms with E-state index in [1.807, 2.05) is 13.8 Å². The lowest BCUT2D eigenvalue weighted by atomic mass is 9.87. The fourth-order valence-corrected chi connectivity index (χ4v) is 3.11. The van der Waals surface area contributed by atoms with Crippen LogP contribution in [0, 0.1) is 11.7 Å². The van der Waals surface area contributed by atoms with Crippen molar-refractivity contribution in [3.8, 4) is 0 Å². The molecule has 6 heteroatoms. The largest absolute Gasteiger partial charge is 0.424 e. The van der Waals surface area contributed by atoms with Crippen LogP contribution in [0.15, 0.2) is 28.7 Å². The van der Waals surface area contributed by atoms with Crippen LogP contribution in [0.3, 0.4) is 0 Å². The Balaban J connectivity index is 1.52. The Morgan fingerprint density at radius 2 is 1.88 bits per heavy atom. The quantitative estimate of drug-likeness (QED) is 0.910. The Bertz CT molecular complexity index is 649. The fraction of sp³-hybridized carbons (Fsp3) is 0.556. The van der Waals surface area contributed by atoms with Crippen LogP contribution in [0.5, 0.6) is 0 Å². The van der Waals surface area contributed by atoms with Gasteiger partial charge in [0.05, 0.1) is 12.6 Å². The molecule has 0 aliphatic carbocycles. The van der Waals surface area contributed by atoms with E-state index in [0.29, 0.717) is 18.3 Å². The molecule has 0 spiro atoms. The van der Waals surface area contributed by atoms with E-state index < -0.39 is 6.10 Å². The Kier molecular flexibility index (Phi) is 5.26. The van der Waals surface area contributed by atoms with Gasteiger partial charge in [0.25, 0.3) is 0 Å². The van der Waals surface area contributed by atoms with Crippen LogP contribution in [-0.4, -0.2) is 33.3 Å². The second-order valence-corrected chi connectivity index (χ2v) is 6.80. The summed E-state index contributed by atoms with van der Waals surface area (Å²) in [6.45, 7) is 6.46. The van der Waals surface area contributed by atoms with Crippen molar-refractivity contribution in [3.05, 3.63) is 47.4 Å². The molecule has 130 valence electrons. The van der Waals surface area contributed by atoms with Crippen molar-refractivity contribution < 1.29 is 13.9 Å². The average molecular weight is 333 g/mol. The van der Waals surface area contributed by atoms with Gasteiger partial charge in [-0.3, -0.25) is 4.90 Å². The number of aromatic nitrogens is 2. The smallest absolute Gasteiger partial charge is 0.230 e. The monoisotopic (exact) mass is 333 g/mol. The van der Waals surface area contributed by atoms with E-state index in [4.69, 9.17) is 4.42 Å². The topological polar surface area (TPSA) is 62.4 Å². The molecule has 1 aliphatic heterocycles. The number of benzene rings is 1. The molecule has 1 N–H and O–H groups in total. The van der Waals surface area contributed by atoms with Crippen LogP contribution < -0.4 is 0 Å². The third-order valence-electron chi connectivity index (χ3n) is 4.63. The summed E-state index contributed by atoms with van der Waals surface area (Å²) >= 11 is 0. The van der Waals surface area contributed by atoms with E-state index in [0.717, 1.165) is 31.5 Å². The second kappa shape index (κ2) is 7.40. The van der Waals surface area contributed by atoms with Gasteiger partial charge in [0.2, 0.25) is 11.8 Å². The predicted molar refractivity (Wildman–Crippen MR) is 87.7 cm³/mol. The predicted octanol–water partition coefficient (Wildman–Crippen LogP) is 3.28. The van der Waals surface area contributed by atoms with Gasteiger partial charge in [0, 0.05) is 5.92 Å². The summed E-state index contributed by atoms with van der Waals surface area (Å²) in [7, 11) is 0. The summed E-state index contributed by atoms with van der Waals surface area (Å²) in [5, 5.41) is 18.7. The Hall–Kier alpha value is -1.79. The van der Waals surface area contributed by atoms with E-state index in [9.17, 15) is 9.50 Å². The summed E-state index contributed by atoms with van der Waals surface area (Å²) in [5.41, 5.74) is 0.785. The minimum absolute atomic E-state index is 0.195. The molecule has 2 aromatic rings. The molecule has 0 bridgehead atoms. The van der Waals surface area contributed by atoms with Crippen molar-refractivity contribution in [2.75, 3.05) is 13.1 Å². The summed E-state index contributed by atoms with van der Waals surface area (Å²) in [5.74, 6) is 1.48. The molecule has 1 saturated heterocycles. The number of hydrogen-bond acceptors (Lipinski definition) is 5. The van der Waals surface area contributed by atoms with Crippen LogP contribution in [0.1, 0.15) is 56.1 Å². The van der Waals surface area contributed by atoms with Crippen LogP contribution in [0.2, 0.25) is 0 Å². The maximum Gasteiger partial charge on any atom is 0.230 e. The van der Waals surface area contributed by atoms with Gasteiger partial charge in [0.15, 0.2) is 0 Å². The zero-order valence-corrected chi connectivity index (χ0v) is 14.2. The number of hydrogen-bond donors (Lipinski definition) is 1. The molecular formula is C18H24FN3O2. The second-order valence-electron chi connectivity index (χ2n) is 6.80. The molecule has 0 saturated carbocycles. The molecule has 5 nitrogen and oxygen atoms in total. The zero-order chi connectivity index (χ0) is 17.1. The standard InChI is InChI=1S/C18H24FN3O2/c1-12(2)18-21-20-16(24-18)11-22-9-7-14(8-10-22)17(23)13-3-5-15(19)6-4-13/h3-6,12,14,17,23H,7-11H2,1-2H3. The first-order valence-electron chi connectivity index (χ1n) is 8.51. The van der Waals surface area contributed by atoms with Crippen molar-refractivity contribution in [2.24, 2.45) is 5.92 Å². The number of aliphatic hydroxyl groups is 1. The molecule has 1 unspecified atom stereocenters. The maximum absolute atomic E-state index is 13.0. The number of aliphatic hydroxyl groups excluding tert-OH is 1. The SMILES string of the molecule is CC(C)c1nnc(CN2CCC(C(O)c3ccc(F)cc3)CC2)o1. The van der Waals surface area contributed by atoms with Crippen molar-refractivity contribution in [1.29, 1.82) is 0 Å². The van der Waals surface area contributed by atoms with Gasteiger partial charge < -0.3 is 9.52 Å². The minimum Gasteiger partial charge on any atom is -0.424 e. The van der Waals surface area contributed by atoms with Gasteiger partial charge in [0.1, 0.15) is 5.82 Å². The highest BCUT2D eigenvalue weighted by Crippen LogP contribution is 2.31. The first kappa shape index (κ1) is 17.0. The normalized spacial score (nSPS) is 18.2. The van der Waals surface area contributed by atoms with Crippen LogP contribution in [-0.2, 0) is 6.54 Å². The molecule has 0 amide bonds. The lowest BCUT2D eigenvalue weighted by molar-refractivity contribution is 0.0542. The fourth-order valence-electron chi connectivity index (χ4n) is 3.11. The molecule has 1 aromatic carbocycles. The molecular weight excluding hydrogens is 309 g/mol. The zero-order valence-electron chi connectivity index (χ0n) is 14.2. The molecule has 3 rings (SSSR count). The van der Waals surface area contributed by atoms with Gasteiger partial charge in [-0.05, 0) is 49.5 Å². The minimum atomic E-state index is -0.538. The number of piperidine rings is 1. The van der Waals surface area contributed by atoms with E-state index >= 15 is 0 Å². The molecule has 1 atom stereocenters. The highest BCUT2D eigenvalue weighted by molar-refractivity contribution is 5.19. The molecule has 0 radical (unpaired) electrons. The van der Waals surface area contributed by atoms with Crippen molar-refractivity contribution in [2.45, 2.75) is 45.3 Å². The Morgan fingerprint density at radius 3 is 2.46 bits per heavy atom. The first-order valence-corrected chi connectivity index (χ1v) is 8.51. The molecule has 1 aliphatic rings. The van der Waals surface area contributed by atoms with Gasteiger partial charge in [-0.15, -0.1) is 10.2 Å². The first-order chi connectivity index (χ1) is 11.5. The van der Waals surface area contributed by atoms with Crippen molar-refractivity contribution in [3.63, 3.8) is 0 Å². The third kappa shape index (κ3) is 3.99. The Labute approximate surface area is 141 Å². The van der Waals surface area contributed by atoms with Gasteiger partial charge in [-0.2, -0.15) is 0 Å². The number of rotatable bonds is 5.